The van der Waals surface area contributed by atoms with Gasteiger partial charge in [-0.05, 0) is 87.9 Å². The molecule has 3 aliphatic rings. The third-order valence-electron chi connectivity index (χ3n) is 7.00. The second-order valence-corrected chi connectivity index (χ2v) is 9.26. The standard InChI is InChI=1S/C24H38/c1-19-3-7-21(8-4-19)11-13-23-15-17-24(18-16-23)14-12-22-9-5-20(2)6-10-22/h11,13,19-24H,3-10,15-18H2,1-2H3. The van der Waals surface area contributed by atoms with Crippen molar-refractivity contribution in [3.8, 4) is 11.8 Å². The van der Waals surface area contributed by atoms with Crippen molar-refractivity contribution >= 4 is 0 Å². The van der Waals surface area contributed by atoms with Crippen LogP contribution < -0.4 is 0 Å². The highest BCUT2D eigenvalue weighted by atomic mass is 14.3. The van der Waals surface area contributed by atoms with Crippen molar-refractivity contribution in [1.29, 1.82) is 0 Å². The molecule has 0 heteroatoms. The molecule has 0 N–H and O–H groups in total. The van der Waals surface area contributed by atoms with Gasteiger partial charge in [-0.1, -0.05) is 50.7 Å². The fourth-order valence-corrected chi connectivity index (χ4v) is 4.89. The van der Waals surface area contributed by atoms with E-state index in [-0.39, 0.29) is 0 Å². The molecule has 0 unspecified atom stereocenters. The average molecular weight is 327 g/mol. The summed E-state index contributed by atoms with van der Waals surface area (Å²) in [5.41, 5.74) is 0. The number of allylic oxidation sites excluding steroid dienone is 2. The summed E-state index contributed by atoms with van der Waals surface area (Å²) < 4.78 is 0. The van der Waals surface area contributed by atoms with Crippen molar-refractivity contribution in [3.05, 3.63) is 12.2 Å². The average Bonchev–Trinajstić information content (AvgIpc) is 2.62. The van der Waals surface area contributed by atoms with Crippen LogP contribution >= 0.6 is 0 Å². The van der Waals surface area contributed by atoms with Crippen molar-refractivity contribution in [3.63, 3.8) is 0 Å². The van der Waals surface area contributed by atoms with Crippen molar-refractivity contribution < 1.29 is 0 Å². The maximum atomic E-state index is 3.66. The zero-order valence-electron chi connectivity index (χ0n) is 16.1. The number of hydrogen-bond acceptors (Lipinski definition) is 0. The summed E-state index contributed by atoms with van der Waals surface area (Å²) in [5.74, 6) is 12.4. The summed E-state index contributed by atoms with van der Waals surface area (Å²) in [4.78, 5) is 0. The van der Waals surface area contributed by atoms with Crippen molar-refractivity contribution in [1.82, 2.24) is 0 Å². The topological polar surface area (TPSA) is 0 Å². The summed E-state index contributed by atoms with van der Waals surface area (Å²) in [7, 11) is 0. The first-order chi connectivity index (χ1) is 11.7. The van der Waals surface area contributed by atoms with Crippen LogP contribution in [0.25, 0.3) is 0 Å². The molecule has 0 atom stereocenters. The van der Waals surface area contributed by atoms with Crippen LogP contribution in [-0.2, 0) is 0 Å². The Kier molecular flexibility index (Phi) is 6.88. The monoisotopic (exact) mass is 326 g/mol. The van der Waals surface area contributed by atoms with E-state index in [9.17, 15) is 0 Å². The molecule has 24 heavy (non-hydrogen) atoms. The molecule has 0 nitrogen and oxygen atoms in total. The molecule has 0 saturated heterocycles. The second-order valence-electron chi connectivity index (χ2n) is 9.26. The van der Waals surface area contributed by atoms with Gasteiger partial charge in [0.2, 0.25) is 0 Å². The Balaban J connectivity index is 1.37. The Hall–Kier alpha value is -0.700. The number of rotatable bonds is 2. The molecular formula is C24H38. The lowest BCUT2D eigenvalue weighted by Gasteiger charge is -2.26. The third-order valence-corrected chi connectivity index (χ3v) is 7.00. The normalized spacial score (nSPS) is 40.9. The number of hydrogen-bond donors (Lipinski definition) is 0. The first-order valence-corrected chi connectivity index (χ1v) is 10.9. The molecule has 3 rings (SSSR count). The van der Waals surface area contributed by atoms with E-state index >= 15 is 0 Å². The summed E-state index contributed by atoms with van der Waals surface area (Å²) in [6.07, 6.45) is 21.8. The minimum absolute atomic E-state index is 0.699. The lowest BCUT2D eigenvalue weighted by molar-refractivity contribution is 0.325. The van der Waals surface area contributed by atoms with Gasteiger partial charge in [0, 0.05) is 11.8 Å². The van der Waals surface area contributed by atoms with Crippen molar-refractivity contribution in [2.75, 3.05) is 0 Å². The fourth-order valence-electron chi connectivity index (χ4n) is 4.89. The molecule has 0 bridgehead atoms. The third kappa shape index (κ3) is 5.68. The maximum Gasteiger partial charge on any atom is 0.0203 e. The van der Waals surface area contributed by atoms with Crippen LogP contribution in [0.1, 0.15) is 90.9 Å². The molecule has 0 radical (unpaired) electrons. The lowest BCUT2D eigenvalue weighted by Crippen LogP contribution is -2.14. The highest BCUT2D eigenvalue weighted by molar-refractivity contribution is 5.09. The van der Waals surface area contributed by atoms with Crippen LogP contribution in [0.2, 0.25) is 0 Å². The largest absolute Gasteiger partial charge is 0.0996 e. The van der Waals surface area contributed by atoms with Gasteiger partial charge in [0.05, 0.1) is 0 Å². The molecule has 0 heterocycles. The van der Waals surface area contributed by atoms with Gasteiger partial charge in [-0.15, -0.1) is 0 Å². The van der Waals surface area contributed by atoms with Gasteiger partial charge in [0.15, 0.2) is 0 Å². The van der Waals surface area contributed by atoms with Gasteiger partial charge < -0.3 is 0 Å². The highest BCUT2D eigenvalue weighted by Crippen LogP contribution is 2.33. The maximum absolute atomic E-state index is 3.66. The molecule has 3 aliphatic carbocycles. The van der Waals surface area contributed by atoms with Crippen LogP contribution in [0, 0.1) is 47.3 Å². The quantitative estimate of drug-likeness (QED) is 0.378. The first kappa shape index (κ1) is 18.1. The van der Waals surface area contributed by atoms with Gasteiger partial charge in [-0.3, -0.25) is 0 Å². The summed E-state index contributed by atoms with van der Waals surface area (Å²) in [5, 5.41) is 0. The Morgan fingerprint density at radius 1 is 0.500 bits per heavy atom. The van der Waals surface area contributed by atoms with Crippen LogP contribution in [0.4, 0.5) is 0 Å². The van der Waals surface area contributed by atoms with E-state index in [0.29, 0.717) is 11.8 Å². The molecule has 0 aromatic carbocycles. The molecular weight excluding hydrogens is 288 g/mol. The molecule has 134 valence electrons. The van der Waals surface area contributed by atoms with Gasteiger partial charge in [-0.2, -0.15) is 0 Å². The second kappa shape index (κ2) is 9.12. The summed E-state index contributed by atoms with van der Waals surface area (Å²) in [6, 6.07) is 0. The van der Waals surface area contributed by atoms with E-state index in [0.717, 1.165) is 23.7 Å². The smallest absolute Gasteiger partial charge is 0.0203 e. The first-order valence-electron chi connectivity index (χ1n) is 10.9. The van der Waals surface area contributed by atoms with Gasteiger partial charge in [0.25, 0.3) is 0 Å². The van der Waals surface area contributed by atoms with E-state index in [1.807, 2.05) is 0 Å². The van der Waals surface area contributed by atoms with Crippen LogP contribution in [0.15, 0.2) is 12.2 Å². The Morgan fingerprint density at radius 2 is 0.833 bits per heavy atom. The molecule has 0 aromatic rings. The van der Waals surface area contributed by atoms with E-state index in [1.54, 1.807) is 0 Å². The molecule has 0 aliphatic heterocycles. The SMILES string of the molecule is CC1CCC(C#CC2CCC(C=CC3CCC(C)CC3)CC2)CC1. The summed E-state index contributed by atoms with van der Waals surface area (Å²) in [6.45, 7) is 4.81. The molecule has 0 spiro atoms. The van der Waals surface area contributed by atoms with Crippen molar-refractivity contribution in [2.45, 2.75) is 90.9 Å². The lowest BCUT2D eigenvalue weighted by atomic mass is 9.79. The Labute approximate surface area is 150 Å². The Morgan fingerprint density at radius 3 is 1.29 bits per heavy atom. The highest BCUT2D eigenvalue weighted by Gasteiger charge is 2.21. The van der Waals surface area contributed by atoms with Crippen LogP contribution in [-0.4, -0.2) is 0 Å². The molecule has 3 saturated carbocycles. The van der Waals surface area contributed by atoms with E-state index in [2.05, 4.69) is 37.8 Å². The Bertz CT molecular complexity index is 438. The van der Waals surface area contributed by atoms with Gasteiger partial charge in [0.1, 0.15) is 0 Å². The van der Waals surface area contributed by atoms with E-state index in [4.69, 9.17) is 0 Å². The van der Waals surface area contributed by atoms with E-state index < -0.39 is 0 Å². The van der Waals surface area contributed by atoms with Crippen LogP contribution in [0.5, 0.6) is 0 Å². The predicted molar refractivity (Wildman–Crippen MR) is 105 cm³/mol. The van der Waals surface area contributed by atoms with Crippen molar-refractivity contribution in [2.24, 2.45) is 35.5 Å². The molecule has 0 aromatic heterocycles. The zero-order chi connectivity index (χ0) is 16.8. The van der Waals surface area contributed by atoms with E-state index in [1.165, 1.54) is 77.0 Å². The predicted octanol–water partition coefficient (Wildman–Crippen LogP) is 7.01. The zero-order valence-corrected chi connectivity index (χ0v) is 16.1. The van der Waals surface area contributed by atoms with Gasteiger partial charge in [-0.25, -0.2) is 0 Å². The molecule has 0 amide bonds. The fraction of sp³-hybridized carbons (Fsp3) is 0.833. The molecule has 3 fully saturated rings. The minimum Gasteiger partial charge on any atom is -0.0996 e. The van der Waals surface area contributed by atoms with Crippen LogP contribution in [0.3, 0.4) is 0 Å². The minimum atomic E-state index is 0.699. The van der Waals surface area contributed by atoms with Gasteiger partial charge >= 0.3 is 0 Å². The summed E-state index contributed by atoms with van der Waals surface area (Å²) >= 11 is 0.